The number of nitrogens with one attached hydrogen (secondary N) is 1. The van der Waals surface area contributed by atoms with Crippen molar-refractivity contribution >= 4 is 11.0 Å². The minimum atomic E-state index is 0.442. The summed E-state index contributed by atoms with van der Waals surface area (Å²) in [4.78, 5) is 6.54. The molecule has 0 radical (unpaired) electrons. The maximum absolute atomic E-state index is 6.15. The van der Waals surface area contributed by atoms with Crippen molar-refractivity contribution in [3.05, 3.63) is 53.5 Å². The van der Waals surface area contributed by atoms with Crippen LogP contribution in [0.4, 0.5) is 0 Å². The topological polar surface area (TPSA) is 63.4 Å². The number of hydrogen-bond donors (Lipinski definition) is 1. The number of aromatic nitrogens is 2. The molecule has 1 aliphatic rings. The van der Waals surface area contributed by atoms with Crippen LogP contribution in [0, 0.1) is 5.92 Å². The van der Waals surface area contributed by atoms with Crippen LogP contribution in [0.15, 0.2) is 41.1 Å². The maximum atomic E-state index is 6.15. The lowest BCUT2D eigenvalue weighted by Crippen LogP contribution is -2.27. The van der Waals surface area contributed by atoms with Gasteiger partial charge in [-0.1, -0.05) is 11.2 Å². The van der Waals surface area contributed by atoms with Crippen LogP contribution >= 0.6 is 0 Å². The van der Waals surface area contributed by atoms with Crippen molar-refractivity contribution in [1.82, 2.24) is 20.4 Å². The summed E-state index contributed by atoms with van der Waals surface area (Å²) in [5.41, 5.74) is 3.95. The largest absolute Gasteiger partial charge is 0.487 e. The molecule has 1 N–H and O–H groups in total. The first-order valence-electron chi connectivity index (χ1n) is 11.0. The molecular formula is C24H32N4O2. The van der Waals surface area contributed by atoms with E-state index in [1.54, 1.807) is 6.20 Å². The van der Waals surface area contributed by atoms with E-state index in [2.05, 4.69) is 46.6 Å². The minimum Gasteiger partial charge on any atom is -0.487 e. The van der Waals surface area contributed by atoms with E-state index >= 15 is 0 Å². The van der Waals surface area contributed by atoms with E-state index in [0.29, 0.717) is 6.61 Å². The molecule has 0 unspecified atom stereocenters. The molecule has 0 spiro atoms. The molecule has 6 nitrogen and oxygen atoms in total. The molecule has 0 atom stereocenters. The van der Waals surface area contributed by atoms with Gasteiger partial charge >= 0.3 is 0 Å². The van der Waals surface area contributed by atoms with Gasteiger partial charge in [-0.05, 0) is 89.5 Å². The zero-order chi connectivity index (χ0) is 20.8. The first-order valence-corrected chi connectivity index (χ1v) is 11.0. The number of rotatable bonds is 9. The summed E-state index contributed by atoms with van der Waals surface area (Å²) in [6, 6.07) is 10.0. The molecule has 6 heteroatoms. The fourth-order valence-corrected chi connectivity index (χ4v) is 4.13. The smallest absolute Gasteiger partial charge is 0.174 e. The molecule has 0 aliphatic carbocycles. The molecule has 3 aromatic rings. The number of likely N-dealkylation sites (N-methyl/N-ethyl adjacent to an activating group) is 1. The number of hydrogen-bond acceptors (Lipinski definition) is 6. The van der Waals surface area contributed by atoms with Gasteiger partial charge in [0.2, 0.25) is 0 Å². The molecule has 2 aromatic heterocycles. The highest BCUT2D eigenvalue weighted by Crippen LogP contribution is 2.32. The average molecular weight is 409 g/mol. The Morgan fingerprint density at radius 1 is 1.13 bits per heavy atom. The molecule has 0 saturated carbocycles. The summed E-state index contributed by atoms with van der Waals surface area (Å²) < 4.78 is 12.0. The van der Waals surface area contributed by atoms with Gasteiger partial charge in [0.1, 0.15) is 12.4 Å². The Hall–Kier alpha value is -2.44. The predicted octanol–water partition coefficient (Wildman–Crippen LogP) is 3.84. The van der Waals surface area contributed by atoms with Gasteiger partial charge in [0, 0.05) is 23.7 Å². The van der Waals surface area contributed by atoms with Crippen LogP contribution in [0.5, 0.6) is 5.75 Å². The second-order valence-electron chi connectivity index (χ2n) is 8.44. The zero-order valence-electron chi connectivity index (χ0n) is 18.1. The Labute approximate surface area is 178 Å². The van der Waals surface area contributed by atoms with E-state index in [1.807, 2.05) is 18.2 Å². The monoisotopic (exact) mass is 408 g/mol. The maximum Gasteiger partial charge on any atom is 0.174 e. The number of nitrogens with zero attached hydrogens (tertiary/aromatic N) is 3. The van der Waals surface area contributed by atoms with E-state index in [4.69, 9.17) is 9.26 Å². The van der Waals surface area contributed by atoms with Crippen LogP contribution in [0.1, 0.15) is 36.2 Å². The molecule has 1 fully saturated rings. The molecule has 4 rings (SSSR count). The van der Waals surface area contributed by atoms with Crippen molar-refractivity contribution in [2.24, 2.45) is 5.92 Å². The van der Waals surface area contributed by atoms with Crippen LogP contribution < -0.4 is 10.1 Å². The number of fused-ring (bicyclic) bond motifs is 1. The minimum absolute atomic E-state index is 0.442. The normalized spacial score (nSPS) is 15.2. The number of aryl methyl sites for hydroxylation is 1. The van der Waals surface area contributed by atoms with Gasteiger partial charge < -0.3 is 19.5 Å². The predicted molar refractivity (Wildman–Crippen MR) is 119 cm³/mol. The number of piperidine rings is 1. The molecule has 3 heterocycles. The average Bonchev–Trinajstić information content (AvgIpc) is 3.19. The van der Waals surface area contributed by atoms with E-state index in [-0.39, 0.29) is 0 Å². The van der Waals surface area contributed by atoms with Gasteiger partial charge in [0.05, 0.1) is 11.4 Å². The van der Waals surface area contributed by atoms with E-state index in [0.717, 1.165) is 72.1 Å². The van der Waals surface area contributed by atoms with Crippen molar-refractivity contribution in [1.29, 1.82) is 0 Å². The first-order chi connectivity index (χ1) is 14.7. The van der Waals surface area contributed by atoms with Crippen LogP contribution in [0.2, 0.25) is 0 Å². The third-order valence-electron chi connectivity index (χ3n) is 5.93. The zero-order valence-corrected chi connectivity index (χ0v) is 18.1. The second-order valence-corrected chi connectivity index (χ2v) is 8.44. The Morgan fingerprint density at radius 2 is 2.00 bits per heavy atom. The van der Waals surface area contributed by atoms with Crippen LogP contribution in [-0.2, 0) is 19.4 Å². The van der Waals surface area contributed by atoms with Crippen molar-refractivity contribution in [2.45, 2.75) is 38.7 Å². The van der Waals surface area contributed by atoms with Gasteiger partial charge in [-0.15, -0.1) is 0 Å². The van der Waals surface area contributed by atoms with Gasteiger partial charge in [-0.2, -0.15) is 0 Å². The fourth-order valence-electron chi connectivity index (χ4n) is 4.13. The molecule has 0 amide bonds. The SMILES string of the molecule is CN(C)CCc1c(OCc2ccccn2)ccc2c(CCC3CCNCC3)noc12. The quantitative estimate of drug-likeness (QED) is 0.580. The molecule has 1 aromatic carbocycles. The van der Waals surface area contributed by atoms with Crippen molar-refractivity contribution in [3.8, 4) is 5.75 Å². The Morgan fingerprint density at radius 3 is 2.77 bits per heavy atom. The Balaban J connectivity index is 1.54. The highest BCUT2D eigenvalue weighted by molar-refractivity contribution is 5.84. The van der Waals surface area contributed by atoms with Crippen molar-refractivity contribution in [3.63, 3.8) is 0 Å². The Bertz CT molecular complexity index is 933. The second kappa shape index (κ2) is 10.0. The molecule has 1 aliphatic heterocycles. The van der Waals surface area contributed by atoms with Crippen LogP contribution in [-0.4, -0.2) is 48.8 Å². The number of benzene rings is 1. The van der Waals surface area contributed by atoms with E-state index < -0.39 is 0 Å². The van der Waals surface area contributed by atoms with Crippen molar-refractivity contribution < 1.29 is 9.26 Å². The number of pyridine rings is 1. The standard InChI is InChI=1S/C24H32N4O2/c1-28(2)16-12-21-23(29-17-19-5-3-4-13-26-19)9-7-20-22(27-30-24(20)21)8-6-18-10-14-25-15-11-18/h3-5,7,9,13,18,25H,6,8,10-12,14-17H2,1-2H3. The summed E-state index contributed by atoms with van der Waals surface area (Å²) in [6.07, 6.45) is 7.31. The fraction of sp³-hybridized carbons (Fsp3) is 0.500. The lowest BCUT2D eigenvalue weighted by atomic mass is 9.92. The van der Waals surface area contributed by atoms with E-state index in [9.17, 15) is 0 Å². The van der Waals surface area contributed by atoms with Gasteiger partial charge in [0.15, 0.2) is 5.58 Å². The third-order valence-corrected chi connectivity index (χ3v) is 5.93. The molecule has 1 saturated heterocycles. The highest BCUT2D eigenvalue weighted by atomic mass is 16.5. The molecular weight excluding hydrogens is 376 g/mol. The summed E-state index contributed by atoms with van der Waals surface area (Å²) in [7, 11) is 4.17. The van der Waals surface area contributed by atoms with Crippen LogP contribution in [0.3, 0.4) is 0 Å². The molecule has 0 bridgehead atoms. The van der Waals surface area contributed by atoms with Crippen molar-refractivity contribution in [2.75, 3.05) is 33.7 Å². The molecule has 160 valence electrons. The number of ether oxygens (including phenoxy) is 1. The van der Waals surface area contributed by atoms with Gasteiger partial charge in [-0.25, -0.2) is 0 Å². The van der Waals surface area contributed by atoms with Crippen LogP contribution in [0.25, 0.3) is 11.0 Å². The summed E-state index contributed by atoms with van der Waals surface area (Å²) in [5, 5.41) is 9.02. The summed E-state index contributed by atoms with van der Waals surface area (Å²) in [6.45, 7) is 3.63. The molecule has 30 heavy (non-hydrogen) atoms. The van der Waals surface area contributed by atoms with E-state index in [1.165, 1.54) is 19.3 Å². The third kappa shape index (κ3) is 5.18. The lowest BCUT2D eigenvalue weighted by Gasteiger charge is -2.21. The Kier molecular flexibility index (Phi) is 6.97. The lowest BCUT2D eigenvalue weighted by molar-refractivity contribution is 0.296. The summed E-state index contributed by atoms with van der Waals surface area (Å²) >= 11 is 0. The first kappa shape index (κ1) is 20.8. The summed E-state index contributed by atoms with van der Waals surface area (Å²) in [5.74, 6) is 1.64. The highest BCUT2D eigenvalue weighted by Gasteiger charge is 2.19. The van der Waals surface area contributed by atoms with Gasteiger partial charge in [0.25, 0.3) is 0 Å². The van der Waals surface area contributed by atoms with Gasteiger partial charge in [-0.3, -0.25) is 4.98 Å².